The number of halogens is 1. The zero-order valence-corrected chi connectivity index (χ0v) is 7.88. The standard InChI is InChI=1S/C9H11BrO/c10-7-3-1-2-5-9-6-4-8-11-9/h2,4-6,8H,1,3,7H2/b5-2+. The second-order valence-corrected chi connectivity index (χ2v) is 3.04. The fourth-order valence-electron chi connectivity index (χ4n) is 0.781. The Morgan fingerprint density at radius 2 is 2.45 bits per heavy atom. The average Bonchev–Trinajstić information content (AvgIpc) is 2.50. The maximum absolute atomic E-state index is 5.12. The van der Waals surface area contributed by atoms with Gasteiger partial charge in [0.25, 0.3) is 0 Å². The lowest BCUT2D eigenvalue weighted by atomic mass is 10.3. The molecule has 1 aromatic heterocycles. The number of alkyl halides is 1. The van der Waals surface area contributed by atoms with E-state index in [1.807, 2.05) is 18.2 Å². The Balaban J connectivity index is 2.25. The minimum Gasteiger partial charge on any atom is -0.465 e. The van der Waals surface area contributed by atoms with Gasteiger partial charge in [0.2, 0.25) is 0 Å². The summed E-state index contributed by atoms with van der Waals surface area (Å²) in [6.07, 6.45) is 8.09. The van der Waals surface area contributed by atoms with Gasteiger partial charge >= 0.3 is 0 Å². The third kappa shape index (κ3) is 3.42. The summed E-state index contributed by atoms with van der Waals surface area (Å²) >= 11 is 3.37. The van der Waals surface area contributed by atoms with Crippen molar-refractivity contribution in [1.82, 2.24) is 0 Å². The molecule has 2 heteroatoms. The van der Waals surface area contributed by atoms with E-state index in [0.29, 0.717) is 0 Å². The first-order valence-electron chi connectivity index (χ1n) is 3.69. The average molecular weight is 215 g/mol. The summed E-state index contributed by atoms with van der Waals surface area (Å²) in [5, 5.41) is 1.06. The van der Waals surface area contributed by atoms with Crippen molar-refractivity contribution in [3.8, 4) is 0 Å². The Morgan fingerprint density at radius 3 is 3.09 bits per heavy atom. The number of rotatable bonds is 4. The molecule has 0 bridgehead atoms. The molecule has 1 rings (SSSR count). The number of allylic oxidation sites excluding steroid dienone is 1. The van der Waals surface area contributed by atoms with Gasteiger partial charge in [0.05, 0.1) is 6.26 Å². The van der Waals surface area contributed by atoms with E-state index in [9.17, 15) is 0 Å². The van der Waals surface area contributed by atoms with Crippen molar-refractivity contribution in [1.29, 1.82) is 0 Å². The summed E-state index contributed by atoms with van der Waals surface area (Å²) in [5.74, 6) is 0.930. The summed E-state index contributed by atoms with van der Waals surface area (Å²) < 4.78 is 5.12. The summed E-state index contributed by atoms with van der Waals surface area (Å²) in [5.41, 5.74) is 0. The SMILES string of the molecule is BrCCC/C=C/c1ccco1. The highest BCUT2D eigenvalue weighted by molar-refractivity contribution is 9.09. The van der Waals surface area contributed by atoms with Crippen LogP contribution in [0.15, 0.2) is 28.9 Å². The van der Waals surface area contributed by atoms with E-state index in [0.717, 1.165) is 17.5 Å². The molecule has 0 aliphatic heterocycles. The Labute approximate surface area is 75.2 Å². The summed E-state index contributed by atoms with van der Waals surface area (Å²) in [6.45, 7) is 0. The van der Waals surface area contributed by atoms with Gasteiger partial charge in [0.15, 0.2) is 0 Å². The molecule has 0 aliphatic rings. The maximum atomic E-state index is 5.12. The zero-order chi connectivity index (χ0) is 7.94. The van der Waals surface area contributed by atoms with Crippen LogP contribution in [0, 0.1) is 0 Å². The van der Waals surface area contributed by atoms with Crippen LogP contribution in [0.3, 0.4) is 0 Å². The van der Waals surface area contributed by atoms with Gasteiger partial charge in [0.1, 0.15) is 5.76 Å². The topological polar surface area (TPSA) is 13.1 Å². The normalized spacial score (nSPS) is 11.0. The molecule has 1 heterocycles. The molecule has 0 radical (unpaired) electrons. The molecule has 0 unspecified atom stereocenters. The lowest BCUT2D eigenvalue weighted by molar-refractivity contribution is 0.557. The molecule has 0 amide bonds. The second-order valence-electron chi connectivity index (χ2n) is 2.25. The van der Waals surface area contributed by atoms with Crippen molar-refractivity contribution in [2.75, 3.05) is 5.33 Å². The maximum Gasteiger partial charge on any atom is 0.126 e. The Bertz CT molecular complexity index is 201. The molecule has 1 nitrogen and oxygen atoms in total. The third-order valence-corrected chi connectivity index (χ3v) is 1.89. The van der Waals surface area contributed by atoms with E-state index in [1.165, 1.54) is 6.42 Å². The van der Waals surface area contributed by atoms with Crippen LogP contribution < -0.4 is 0 Å². The zero-order valence-electron chi connectivity index (χ0n) is 6.29. The predicted molar refractivity (Wildman–Crippen MR) is 50.8 cm³/mol. The van der Waals surface area contributed by atoms with E-state index >= 15 is 0 Å². The van der Waals surface area contributed by atoms with Gasteiger partial charge in [-0.25, -0.2) is 0 Å². The van der Waals surface area contributed by atoms with Gasteiger partial charge in [-0.15, -0.1) is 0 Å². The van der Waals surface area contributed by atoms with Gasteiger partial charge in [0, 0.05) is 5.33 Å². The molecule has 60 valence electrons. The largest absolute Gasteiger partial charge is 0.465 e. The molecule has 0 atom stereocenters. The Morgan fingerprint density at radius 1 is 1.55 bits per heavy atom. The van der Waals surface area contributed by atoms with Crippen molar-refractivity contribution in [2.45, 2.75) is 12.8 Å². The molecule has 11 heavy (non-hydrogen) atoms. The van der Waals surface area contributed by atoms with E-state index in [1.54, 1.807) is 6.26 Å². The van der Waals surface area contributed by atoms with Gasteiger partial charge in [-0.2, -0.15) is 0 Å². The summed E-state index contributed by atoms with van der Waals surface area (Å²) in [7, 11) is 0. The van der Waals surface area contributed by atoms with Crippen LogP contribution in [0.25, 0.3) is 6.08 Å². The van der Waals surface area contributed by atoms with Crippen molar-refractivity contribution in [3.63, 3.8) is 0 Å². The minimum atomic E-state index is 0.930. The molecule has 0 aromatic carbocycles. The van der Waals surface area contributed by atoms with Crippen LogP contribution >= 0.6 is 15.9 Å². The highest BCUT2D eigenvalue weighted by Crippen LogP contribution is 2.04. The van der Waals surface area contributed by atoms with Crippen LogP contribution in [0.4, 0.5) is 0 Å². The summed E-state index contributed by atoms with van der Waals surface area (Å²) in [6, 6.07) is 3.84. The van der Waals surface area contributed by atoms with Gasteiger partial charge < -0.3 is 4.42 Å². The van der Waals surface area contributed by atoms with Crippen molar-refractivity contribution in [2.24, 2.45) is 0 Å². The molecule has 1 aromatic rings. The highest BCUT2D eigenvalue weighted by atomic mass is 79.9. The van der Waals surface area contributed by atoms with Crippen molar-refractivity contribution < 1.29 is 4.42 Å². The first-order chi connectivity index (χ1) is 5.43. The fourth-order valence-corrected chi connectivity index (χ4v) is 1.10. The van der Waals surface area contributed by atoms with Gasteiger partial charge in [-0.1, -0.05) is 22.0 Å². The van der Waals surface area contributed by atoms with Crippen LogP contribution in [0.2, 0.25) is 0 Å². The van der Waals surface area contributed by atoms with Crippen LogP contribution in [-0.2, 0) is 0 Å². The van der Waals surface area contributed by atoms with E-state index < -0.39 is 0 Å². The molecule has 0 aliphatic carbocycles. The molecule has 0 fully saturated rings. The number of hydrogen-bond acceptors (Lipinski definition) is 1. The monoisotopic (exact) mass is 214 g/mol. The first-order valence-corrected chi connectivity index (χ1v) is 4.81. The molecule has 0 saturated carbocycles. The lowest BCUT2D eigenvalue weighted by Crippen LogP contribution is -1.69. The van der Waals surface area contributed by atoms with Crippen molar-refractivity contribution >= 4 is 22.0 Å². The molecule has 0 N–H and O–H groups in total. The number of hydrogen-bond donors (Lipinski definition) is 0. The minimum absolute atomic E-state index is 0.930. The number of unbranched alkanes of at least 4 members (excludes halogenated alkanes) is 1. The smallest absolute Gasteiger partial charge is 0.126 e. The van der Waals surface area contributed by atoms with Gasteiger partial charge in [-0.05, 0) is 31.1 Å². The lowest BCUT2D eigenvalue weighted by Gasteiger charge is -1.86. The number of furan rings is 1. The van der Waals surface area contributed by atoms with E-state index in [4.69, 9.17) is 4.42 Å². The van der Waals surface area contributed by atoms with Crippen LogP contribution in [0.5, 0.6) is 0 Å². The first kappa shape index (κ1) is 8.60. The van der Waals surface area contributed by atoms with Crippen LogP contribution in [-0.4, -0.2) is 5.33 Å². The molecular weight excluding hydrogens is 204 g/mol. The van der Waals surface area contributed by atoms with Crippen molar-refractivity contribution in [3.05, 3.63) is 30.2 Å². The van der Waals surface area contributed by atoms with E-state index in [-0.39, 0.29) is 0 Å². The highest BCUT2D eigenvalue weighted by Gasteiger charge is 1.85. The predicted octanol–water partition coefficient (Wildman–Crippen LogP) is 3.47. The van der Waals surface area contributed by atoms with Gasteiger partial charge in [-0.3, -0.25) is 0 Å². The third-order valence-electron chi connectivity index (χ3n) is 1.33. The van der Waals surface area contributed by atoms with Crippen LogP contribution in [0.1, 0.15) is 18.6 Å². The second kappa shape index (κ2) is 5.19. The Hall–Kier alpha value is -0.500. The molecule has 0 saturated heterocycles. The quantitative estimate of drug-likeness (QED) is 0.553. The fraction of sp³-hybridized carbons (Fsp3) is 0.333. The molecule has 0 spiro atoms. The molecular formula is C9H11BrO. The Kier molecular flexibility index (Phi) is 4.06. The van der Waals surface area contributed by atoms with E-state index in [2.05, 4.69) is 22.0 Å². The summed E-state index contributed by atoms with van der Waals surface area (Å²) in [4.78, 5) is 0.